The van der Waals surface area contributed by atoms with E-state index in [9.17, 15) is 19.2 Å². The average molecular weight is 877 g/mol. The predicted octanol–water partition coefficient (Wildman–Crippen LogP) is 5.04. The third kappa shape index (κ3) is 9.55. The van der Waals surface area contributed by atoms with Gasteiger partial charge in [0.1, 0.15) is 23.0 Å². The Morgan fingerprint density at radius 3 is 2.27 bits per heavy atom. The van der Waals surface area contributed by atoms with Gasteiger partial charge in [-0.25, -0.2) is 14.4 Å². The van der Waals surface area contributed by atoms with Crippen LogP contribution in [0.1, 0.15) is 96.7 Å². The number of carbonyl (C=O) groups excluding carboxylic acids is 4. The number of imide groups is 1. The van der Waals surface area contributed by atoms with Crippen LogP contribution in [0.3, 0.4) is 0 Å². The Bertz CT molecular complexity index is 2350. The standard InChI is InChI=1S/C47H61FN12O4/c1-54(2)46(64)40-26-33-29-50-47(53-43(33)60(40)35-9-5-6-10-35)51-41-13-12-36(30-49-41)57-22-18-55(19-23-57)16-17-56-20-24-58(25-21-56)39-27-34-31-59(45(63)37(34)28-38(39)48)15-7-3-4-8-32-11-14-42(61)52-44(32)62/h12-13,26-30,32,35H,3-11,14-25,31H2,1-2H3,(H,52,61,62)(H,49,50,51,53). The highest BCUT2D eigenvalue weighted by molar-refractivity contribution is 6.00. The Morgan fingerprint density at radius 1 is 0.844 bits per heavy atom. The van der Waals surface area contributed by atoms with Crippen LogP contribution in [0, 0.1) is 11.7 Å². The molecule has 1 aromatic carbocycles. The molecule has 1 unspecified atom stereocenters. The molecular formula is C47H61FN12O4. The topological polar surface area (TPSA) is 155 Å². The van der Waals surface area contributed by atoms with Gasteiger partial charge in [0.25, 0.3) is 11.8 Å². The van der Waals surface area contributed by atoms with E-state index in [2.05, 4.69) is 45.9 Å². The Kier molecular flexibility index (Phi) is 13.1. The van der Waals surface area contributed by atoms with Gasteiger partial charge in [0, 0.05) is 128 Å². The van der Waals surface area contributed by atoms with Gasteiger partial charge in [0.05, 0.1) is 17.6 Å². The number of benzene rings is 1. The molecule has 64 heavy (non-hydrogen) atoms. The minimum atomic E-state index is -0.337. The molecular weight excluding hydrogens is 816 g/mol. The number of piperidine rings is 1. The lowest BCUT2D eigenvalue weighted by atomic mass is 9.92. The first-order valence-corrected chi connectivity index (χ1v) is 23.3. The summed E-state index contributed by atoms with van der Waals surface area (Å²) >= 11 is 0. The molecule has 9 rings (SSSR count). The summed E-state index contributed by atoms with van der Waals surface area (Å²) in [4.78, 5) is 76.7. The van der Waals surface area contributed by atoms with Crippen molar-refractivity contribution in [2.45, 2.75) is 76.8 Å². The highest BCUT2D eigenvalue weighted by Crippen LogP contribution is 2.35. The first-order chi connectivity index (χ1) is 31.1. The van der Waals surface area contributed by atoms with Gasteiger partial charge < -0.3 is 29.5 Å². The molecule has 0 radical (unpaired) electrons. The van der Waals surface area contributed by atoms with Crippen LogP contribution < -0.4 is 20.4 Å². The van der Waals surface area contributed by atoms with Crippen LogP contribution in [0.2, 0.25) is 0 Å². The molecule has 4 aromatic rings. The summed E-state index contributed by atoms with van der Waals surface area (Å²) < 4.78 is 17.6. The van der Waals surface area contributed by atoms with Crippen LogP contribution >= 0.6 is 0 Å². The number of carbonyl (C=O) groups is 4. The van der Waals surface area contributed by atoms with Crippen molar-refractivity contribution in [3.63, 3.8) is 0 Å². The molecule has 340 valence electrons. The average Bonchev–Trinajstić information content (AvgIpc) is 4.04. The molecule has 17 heteroatoms. The van der Waals surface area contributed by atoms with Crippen molar-refractivity contribution in [2.75, 3.05) is 101 Å². The van der Waals surface area contributed by atoms with E-state index in [1.807, 2.05) is 29.3 Å². The molecule has 4 amide bonds. The summed E-state index contributed by atoms with van der Waals surface area (Å²) in [5.41, 5.74) is 4.44. The lowest BCUT2D eigenvalue weighted by Crippen LogP contribution is -2.51. The zero-order valence-electron chi connectivity index (χ0n) is 37.2. The monoisotopic (exact) mass is 876 g/mol. The van der Waals surface area contributed by atoms with Gasteiger partial charge in [-0.1, -0.05) is 25.7 Å². The Labute approximate surface area is 374 Å². The van der Waals surface area contributed by atoms with Crippen molar-refractivity contribution in [1.29, 1.82) is 0 Å². The van der Waals surface area contributed by atoms with E-state index in [1.165, 1.54) is 6.07 Å². The fourth-order valence-corrected chi connectivity index (χ4v) is 10.2. The number of nitrogens with one attached hydrogen (secondary N) is 2. The quantitative estimate of drug-likeness (QED) is 0.122. The second-order valence-electron chi connectivity index (χ2n) is 18.4. The summed E-state index contributed by atoms with van der Waals surface area (Å²) in [5.74, 6) is 0.176. The van der Waals surface area contributed by atoms with Crippen LogP contribution in [-0.4, -0.2) is 149 Å². The molecule has 2 N–H and O–H groups in total. The van der Waals surface area contributed by atoms with Crippen molar-refractivity contribution in [1.82, 2.24) is 44.4 Å². The lowest BCUT2D eigenvalue weighted by molar-refractivity contribution is -0.136. The second-order valence-corrected chi connectivity index (χ2v) is 18.4. The number of piperazine rings is 2. The maximum atomic E-state index is 15.5. The summed E-state index contributed by atoms with van der Waals surface area (Å²) in [5, 5.41) is 6.56. The molecule has 16 nitrogen and oxygen atoms in total. The molecule has 0 bridgehead atoms. The van der Waals surface area contributed by atoms with Gasteiger partial charge in [-0.05, 0) is 68.0 Å². The van der Waals surface area contributed by atoms with E-state index in [0.29, 0.717) is 54.6 Å². The molecule has 3 aromatic heterocycles. The number of anilines is 4. The highest BCUT2D eigenvalue weighted by Gasteiger charge is 2.32. The van der Waals surface area contributed by atoms with Gasteiger partial charge in [-0.15, -0.1) is 0 Å². The molecule has 4 fully saturated rings. The zero-order valence-corrected chi connectivity index (χ0v) is 37.2. The van der Waals surface area contributed by atoms with E-state index in [1.54, 1.807) is 25.2 Å². The normalized spacial score (nSPS) is 20.1. The second kappa shape index (κ2) is 19.2. The van der Waals surface area contributed by atoms with Crippen molar-refractivity contribution >= 4 is 57.8 Å². The van der Waals surface area contributed by atoms with E-state index < -0.39 is 0 Å². The van der Waals surface area contributed by atoms with E-state index >= 15 is 4.39 Å². The van der Waals surface area contributed by atoms with Crippen LogP contribution in [0.4, 0.5) is 27.5 Å². The number of halogens is 1. The SMILES string of the molecule is CN(C)C(=O)c1cc2cnc(Nc3ccc(N4CCN(CCN5CCN(c6cc7c(cc6F)C(=O)N(CCCCCC6CCC(=O)NC6=O)C7)CC5)CC4)cn3)nc2n1C1CCCC1. The van der Waals surface area contributed by atoms with Crippen LogP contribution in [0.25, 0.3) is 11.0 Å². The molecule has 0 spiro atoms. The van der Waals surface area contributed by atoms with Crippen molar-refractivity contribution in [3.05, 3.63) is 65.4 Å². The molecule has 1 atom stereocenters. The number of rotatable bonds is 15. The minimum Gasteiger partial charge on any atom is -0.368 e. The van der Waals surface area contributed by atoms with Crippen molar-refractivity contribution in [2.24, 2.45) is 5.92 Å². The van der Waals surface area contributed by atoms with Gasteiger partial charge in [0.2, 0.25) is 17.8 Å². The summed E-state index contributed by atoms with van der Waals surface area (Å²) in [6, 6.07) is 9.54. The van der Waals surface area contributed by atoms with E-state index in [0.717, 1.165) is 139 Å². The number of unbranched alkanes of at least 4 members (excludes halogenated alkanes) is 2. The minimum absolute atomic E-state index is 0.0292. The number of pyridine rings is 1. The number of aromatic nitrogens is 4. The maximum Gasteiger partial charge on any atom is 0.270 e. The molecule has 3 saturated heterocycles. The first-order valence-electron chi connectivity index (χ1n) is 23.3. The zero-order chi connectivity index (χ0) is 44.3. The summed E-state index contributed by atoms with van der Waals surface area (Å²) in [6.45, 7) is 9.98. The summed E-state index contributed by atoms with van der Waals surface area (Å²) in [7, 11) is 3.56. The van der Waals surface area contributed by atoms with E-state index in [-0.39, 0.29) is 41.4 Å². The van der Waals surface area contributed by atoms with Gasteiger partial charge in [-0.2, -0.15) is 4.98 Å². The maximum absolute atomic E-state index is 15.5. The fraction of sp³-hybridized carbons (Fsp3) is 0.553. The fourth-order valence-electron chi connectivity index (χ4n) is 10.2. The number of fused-ring (bicyclic) bond motifs is 2. The van der Waals surface area contributed by atoms with Crippen molar-refractivity contribution in [3.8, 4) is 0 Å². The van der Waals surface area contributed by atoms with Crippen LogP contribution in [0.15, 0.2) is 42.7 Å². The van der Waals surface area contributed by atoms with Gasteiger partial charge in [-0.3, -0.25) is 34.3 Å². The van der Waals surface area contributed by atoms with Gasteiger partial charge >= 0.3 is 0 Å². The first kappa shape index (κ1) is 43.6. The molecule has 4 aliphatic heterocycles. The van der Waals surface area contributed by atoms with Crippen molar-refractivity contribution < 1.29 is 23.6 Å². The smallest absolute Gasteiger partial charge is 0.270 e. The molecule has 1 aliphatic carbocycles. The molecule has 5 aliphatic rings. The summed E-state index contributed by atoms with van der Waals surface area (Å²) in [6.07, 6.45) is 12.4. The predicted molar refractivity (Wildman–Crippen MR) is 243 cm³/mol. The largest absolute Gasteiger partial charge is 0.368 e. The lowest BCUT2D eigenvalue weighted by Gasteiger charge is -2.39. The number of hydrogen-bond acceptors (Lipinski definition) is 12. The number of hydrogen-bond donors (Lipinski definition) is 2. The van der Waals surface area contributed by atoms with Gasteiger partial charge in [0.15, 0.2) is 0 Å². The Balaban J connectivity index is 0.699. The highest BCUT2D eigenvalue weighted by atomic mass is 19.1. The van der Waals surface area contributed by atoms with Crippen LogP contribution in [0.5, 0.6) is 0 Å². The van der Waals surface area contributed by atoms with Crippen LogP contribution in [-0.2, 0) is 16.1 Å². The number of amides is 4. The Hall–Kier alpha value is -5.68. The van der Waals surface area contributed by atoms with E-state index in [4.69, 9.17) is 9.97 Å². The Morgan fingerprint density at radius 2 is 1.58 bits per heavy atom. The third-order valence-electron chi connectivity index (χ3n) is 13.9. The number of nitrogens with zero attached hydrogens (tertiary/aromatic N) is 10. The molecule has 7 heterocycles. The third-order valence-corrected chi connectivity index (χ3v) is 13.9. The molecule has 1 saturated carbocycles.